The number of piperazine rings is 1. The minimum atomic E-state index is -0.409. The molecular weight excluding hydrogens is 715 g/mol. The van der Waals surface area contributed by atoms with Gasteiger partial charge in [0.1, 0.15) is 11.1 Å². The molecule has 0 spiro atoms. The summed E-state index contributed by atoms with van der Waals surface area (Å²) < 4.78 is 8.20. The highest BCUT2D eigenvalue weighted by Crippen LogP contribution is 2.41. The van der Waals surface area contributed by atoms with Crippen molar-refractivity contribution in [1.82, 2.24) is 35.2 Å². The zero-order valence-electron chi connectivity index (χ0n) is 31.2. The number of aryl methyl sites for hydroxylation is 1. The number of para-hydroxylation sites is 1. The second kappa shape index (κ2) is 14.2. The van der Waals surface area contributed by atoms with E-state index in [0.29, 0.717) is 35.5 Å². The van der Waals surface area contributed by atoms with Crippen molar-refractivity contribution < 1.29 is 14.0 Å². The number of nitrogens with one attached hydrogen (secondary N) is 2. The number of rotatable bonds is 8. The average Bonchev–Trinajstić information content (AvgIpc) is 3.91. The van der Waals surface area contributed by atoms with Crippen LogP contribution in [0.5, 0.6) is 0 Å². The van der Waals surface area contributed by atoms with E-state index in [1.165, 1.54) is 0 Å². The first-order valence-electron chi connectivity index (χ1n) is 19.1. The lowest BCUT2D eigenvalue weighted by atomic mass is 9.92. The number of aromatic nitrogens is 5. The van der Waals surface area contributed by atoms with Gasteiger partial charge in [0, 0.05) is 82.3 Å². The maximum atomic E-state index is 12.7. The molecule has 0 radical (unpaired) electrons. The Morgan fingerprint density at radius 2 is 1.84 bits per heavy atom. The summed E-state index contributed by atoms with van der Waals surface area (Å²) in [6, 6.07) is 14.1. The number of imide groups is 1. The Morgan fingerprint density at radius 1 is 1.02 bits per heavy atom. The lowest BCUT2D eigenvalue weighted by molar-refractivity contribution is -0.134. The monoisotopic (exact) mass is 757 g/mol. The Kier molecular flexibility index (Phi) is 9.10. The molecule has 2 amide bonds. The van der Waals surface area contributed by atoms with E-state index in [2.05, 4.69) is 67.6 Å². The number of hydrogen-bond acceptors (Lipinski definition) is 13. The number of nitrogens with zero attached hydrogens (tertiary/aromatic N) is 9. The van der Waals surface area contributed by atoms with Crippen LogP contribution in [0.4, 0.5) is 16.5 Å². The number of hydrogen-bond donors (Lipinski definition) is 2. The minimum Gasteiger partial charge on any atom is -0.452 e. The van der Waals surface area contributed by atoms with Gasteiger partial charge in [-0.25, -0.2) is 0 Å². The highest BCUT2D eigenvalue weighted by Gasteiger charge is 2.33. The van der Waals surface area contributed by atoms with Crippen molar-refractivity contribution >= 4 is 72.6 Å². The molecule has 6 aromatic rings. The summed E-state index contributed by atoms with van der Waals surface area (Å²) in [7, 11) is 1.95. The van der Waals surface area contributed by atoms with Crippen molar-refractivity contribution in [3.8, 4) is 16.6 Å². The number of anilines is 3. The molecule has 2 N–H and O–H groups in total. The van der Waals surface area contributed by atoms with E-state index in [0.717, 1.165) is 113 Å². The molecule has 9 rings (SSSR count). The first kappa shape index (κ1) is 35.1. The van der Waals surface area contributed by atoms with Gasteiger partial charge in [-0.15, -0.1) is 10.2 Å². The predicted octanol–water partition coefficient (Wildman–Crippen LogP) is 5.64. The second-order valence-corrected chi connectivity index (χ2v) is 16.2. The van der Waals surface area contributed by atoms with Gasteiger partial charge in [-0.05, 0) is 63.3 Å². The third-order valence-corrected chi connectivity index (χ3v) is 12.3. The summed E-state index contributed by atoms with van der Waals surface area (Å²) in [6.45, 7) is 10.9. The van der Waals surface area contributed by atoms with Crippen LogP contribution in [0.15, 0.2) is 47.0 Å². The van der Waals surface area contributed by atoms with Crippen LogP contribution in [0.2, 0.25) is 0 Å². The fraction of sp³-hybridized carbons (Fsp3) is 0.425. The van der Waals surface area contributed by atoms with Gasteiger partial charge in [-0.2, -0.15) is 10.4 Å². The average molecular weight is 758 g/mol. The number of fused-ring (bicyclic) bond motifs is 4. The molecular formula is C40H43N11O3S. The molecule has 3 aliphatic rings. The van der Waals surface area contributed by atoms with E-state index in [9.17, 15) is 14.9 Å². The van der Waals surface area contributed by atoms with Gasteiger partial charge in [-0.1, -0.05) is 23.5 Å². The van der Waals surface area contributed by atoms with Crippen LogP contribution in [0.3, 0.4) is 0 Å². The van der Waals surface area contributed by atoms with Crippen molar-refractivity contribution in [1.29, 1.82) is 5.26 Å². The van der Waals surface area contributed by atoms with Crippen LogP contribution >= 0.6 is 11.3 Å². The zero-order chi connectivity index (χ0) is 37.8. The molecule has 0 bridgehead atoms. The molecule has 1 atom stereocenters. The highest BCUT2D eigenvalue weighted by molar-refractivity contribution is 7.18. The van der Waals surface area contributed by atoms with Crippen molar-refractivity contribution in [2.45, 2.75) is 51.5 Å². The third-order valence-electron chi connectivity index (χ3n) is 11.2. The van der Waals surface area contributed by atoms with Gasteiger partial charge >= 0.3 is 0 Å². The summed E-state index contributed by atoms with van der Waals surface area (Å²) >= 11 is 1.58. The molecule has 4 aromatic heterocycles. The molecule has 2 aromatic carbocycles. The molecule has 282 valence electrons. The second-order valence-electron chi connectivity index (χ2n) is 15.2. The normalized spacial score (nSPS) is 18.9. The number of benzene rings is 2. The minimum absolute atomic E-state index is 0.148. The van der Waals surface area contributed by atoms with Gasteiger partial charge in [0.25, 0.3) is 0 Å². The Balaban J connectivity index is 0.834. The van der Waals surface area contributed by atoms with E-state index in [4.69, 9.17) is 14.5 Å². The number of piperidine rings is 2. The van der Waals surface area contributed by atoms with Crippen LogP contribution in [0, 0.1) is 17.2 Å². The van der Waals surface area contributed by atoms with E-state index < -0.39 is 5.92 Å². The summed E-state index contributed by atoms with van der Waals surface area (Å²) in [5.41, 5.74) is 7.24. The number of pyridine rings is 1. The van der Waals surface area contributed by atoms with Gasteiger partial charge < -0.3 is 19.5 Å². The van der Waals surface area contributed by atoms with Gasteiger partial charge in [-0.3, -0.25) is 29.5 Å². The quantitative estimate of drug-likeness (QED) is 0.184. The van der Waals surface area contributed by atoms with E-state index in [1.807, 2.05) is 30.1 Å². The van der Waals surface area contributed by atoms with E-state index >= 15 is 0 Å². The lowest BCUT2D eigenvalue weighted by Crippen LogP contribution is -2.49. The summed E-state index contributed by atoms with van der Waals surface area (Å²) in [5.74, 6) is -0.247. The highest BCUT2D eigenvalue weighted by atomic mass is 32.1. The van der Waals surface area contributed by atoms with Crippen molar-refractivity contribution in [2.24, 2.45) is 13.0 Å². The Labute approximate surface area is 322 Å². The fourth-order valence-corrected chi connectivity index (χ4v) is 9.38. The van der Waals surface area contributed by atoms with Crippen LogP contribution in [0.25, 0.3) is 43.5 Å². The van der Waals surface area contributed by atoms with Crippen LogP contribution in [0.1, 0.15) is 56.7 Å². The topological polar surface area (TPSA) is 161 Å². The number of nitriles is 1. The molecule has 3 fully saturated rings. The van der Waals surface area contributed by atoms with E-state index in [1.54, 1.807) is 23.5 Å². The molecule has 3 aliphatic heterocycles. The van der Waals surface area contributed by atoms with E-state index in [-0.39, 0.29) is 17.9 Å². The molecule has 1 unspecified atom stereocenters. The largest absolute Gasteiger partial charge is 0.452 e. The van der Waals surface area contributed by atoms with Crippen molar-refractivity contribution in [3.05, 3.63) is 53.9 Å². The summed E-state index contributed by atoms with van der Waals surface area (Å²) in [5, 5.41) is 33.1. The predicted molar refractivity (Wildman–Crippen MR) is 213 cm³/mol. The standard InChI is InChI=1S/C40H43N11O3S/c1-23(2)43-35-29(21-42-34-26-8-7-25(20-41)19-31(26)54-37(34)35)39-45-46-40(55-39)51-17-15-49(16-18-51)22-24-11-13-50(14-12-24)30-6-4-5-27-33(47-48(3)36(27)30)28-9-10-32(52)44-38(28)53/h4-8,19,21,23-24,28H,9-18,22H2,1-3H3,(H,42,43)(H,44,52,53). The first-order valence-corrected chi connectivity index (χ1v) is 19.9. The van der Waals surface area contributed by atoms with Crippen LogP contribution in [-0.4, -0.2) is 93.5 Å². The maximum Gasteiger partial charge on any atom is 0.235 e. The number of furan rings is 1. The molecule has 3 saturated heterocycles. The molecule has 0 saturated carbocycles. The Morgan fingerprint density at radius 3 is 2.60 bits per heavy atom. The SMILES string of the molecule is CC(C)Nc1c(-c2nnc(N3CCN(CC4CCN(c5cccc6c(C7CCC(=O)NC7=O)nn(C)c56)CC4)CC3)s2)cnc2c1oc1cc(C#N)ccc12. The molecule has 0 aliphatic carbocycles. The van der Waals surface area contributed by atoms with Crippen molar-refractivity contribution in [3.63, 3.8) is 0 Å². The smallest absolute Gasteiger partial charge is 0.235 e. The first-order chi connectivity index (χ1) is 26.7. The number of carbonyl (C=O) groups excluding carboxylic acids is 2. The van der Waals surface area contributed by atoms with Crippen LogP contribution in [-0.2, 0) is 16.6 Å². The van der Waals surface area contributed by atoms with Crippen LogP contribution < -0.4 is 20.4 Å². The third kappa shape index (κ3) is 6.53. The van der Waals surface area contributed by atoms with Crippen molar-refractivity contribution in [2.75, 3.05) is 60.9 Å². The van der Waals surface area contributed by atoms with Gasteiger partial charge in [0.05, 0.1) is 45.7 Å². The summed E-state index contributed by atoms with van der Waals surface area (Å²) in [6.07, 6.45) is 4.91. The van der Waals surface area contributed by atoms with Gasteiger partial charge in [0.2, 0.25) is 16.9 Å². The molecule has 7 heterocycles. The molecule has 55 heavy (non-hydrogen) atoms. The Hall–Kier alpha value is -5.59. The number of carbonyl (C=O) groups is 2. The number of amides is 2. The summed E-state index contributed by atoms with van der Waals surface area (Å²) in [4.78, 5) is 36.6. The fourth-order valence-electron chi connectivity index (χ4n) is 8.47. The maximum absolute atomic E-state index is 12.7. The lowest BCUT2D eigenvalue weighted by Gasteiger charge is -2.39. The molecule has 14 nitrogen and oxygen atoms in total. The van der Waals surface area contributed by atoms with Gasteiger partial charge in [0.15, 0.2) is 10.6 Å². The Bertz CT molecular complexity index is 2480. The molecule has 15 heteroatoms. The zero-order valence-corrected chi connectivity index (χ0v) is 32.0.